The average molecular weight is 379 g/mol. The van der Waals surface area contributed by atoms with Crippen molar-refractivity contribution in [2.45, 2.75) is 6.18 Å². The molecule has 0 spiro atoms. The number of aliphatic hydroxyl groups excluding tert-OH is 1. The Labute approximate surface area is 145 Å². The minimum Gasteiger partial charge on any atom is -0.466 e. The molecule has 1 aromatic carbocycles. The highest BCUT2D eigenvalue weighted by molar-refractivity contribution is 6.31. The fourth-order valence-corrected chi connectivity index (χ4v) is 2.54. The van der Waals surface area contributed by atoms with Crippen molar-refractivity contribution in [3.8, 4) is 0 Å². The van der Waals surface area contributed by atoms with Gasteiger partial charge in [-0.2, -0.15) is 13.2 Å². The number of methoxy groups -OCH3 is 1. The molecule has 0 aromatic heterocycles. The van der Waals surface area contributed by atoms with E-state index < -0.39 is 28.6 Å². The molecule has 0 fully saturated rings. The van der Waals surface area contributed by atoms with E-state index in [2.05, 4.69) is 10.1 Å². The van der Waals surface area contributed by atoms with E-state index in [1.807, 2.05) is 0 Å². The van der Waals surface area contributed by atoms with Crippen molar-refractivity contribution in [3.05, 3.63) is 40.1 Å². The van der Waals surface area contributed by atoms with Crippen LogP contribution in [0.1, 0.15) is 5.56 Å². The number of benzene rings is 1. The van der Waals surface area contributed by atoms with Crippen molar-refractivity contribution in [2.75, 3.05) is 32.1 Å². The van der Waals surface area contributed by atoms with Gasteiger partial charge in [0.2, 0.25) is 0 Å². The van der Waals surface area contributed by atoms with Crippen LogP contribution >= 0.6 is 11.6 Å². The Morgan fingerprint density at radius 1 is 1.44 bits per heavy atom. The Morgan fingerprint density at radius 3 is 2.68 bits per heavy atom. The molecule has 0 radical (unpaired) electrons. The number of esters is 1. The van der Waals surface area contributed by atoms with Crippen molar-refractivity contribution in [2.24, 2.45) is 0 Å². The van der Waals surface area contributed by atoms with Gasteiger partial charge in [-0.05, 0) is 18.2 Å². The molecule has 1 aromatic rings. The van der Waals surface area contributed by atoms with Gasteiger partial charge in [0.15, 0.2) is 0 Å². The normalized spacial score (nSPS) is 15.0. The molecule has 1 amide bonds. The van der Waals surface area contributed by atoms with Crippen LogP contribution in [-0.4, -0.2) is 48.7 Å². The number of hydrogen-bond donors (Lipinski definition) is 2. The first-order valence-corrected chi connectivity index (χ1v) is 7.42. The third kappa shape index (κ3) is 4.05. The van der Waals surface area contributed by atoms with Gasteiger partial charge in [-0.1, -0.05) is 11.6 Å². The van der Waals surface area contributed by atoms with Crippen molar-refractivity contribution in [1.82, 2.24) is 4.90 Å². The van der Waals surface area contributed by atoms with Crippen LogP contribution in [0.25, 0.3) is 0 Å². The maximum Gasteiger partial charge on any atom is 0.417 e. The lowest BCUT2D eigenvalue weighted by molar-refractivity contribution is -0.137. The summed E-state index contributed by atoms with van der Waals surface area (Å²) in [5.74, 6) is -1.42. The molecule has 0 saturated heterocycles. The number of ether oxygens (including phenoxy) is 1. The van der Waals surface area contributed by atoms with Crippen LogP contribution in [-0.2, 0) is 20.5 Å². The zero-order valence-corrected chi connectivity index (χ0v) is 13.7. The first-order valence-electron chi connectivity index (χ1n) is 7.04. The summed E-state index contributed by atoms with van der Waals surface area (Å²) in [5, 5.41) is 11.0. The van der Waals surface area contributed by atoms with Crippen LogP contribution in [0, 0.1) is 0 Å². The van der Waals surface area contributed by atoms with Gasteiger partial charge in [-0.15, -0.1) is 0 Å². The van der Waals surface area contributed by atoms with Gasteiger partial charge in [-0.3, -0.25) is 4.79 Å². The standard InChI is InChI=1S/C15H14ClF3N2O4/c1-25-14(24)9-7-21(4-5-22)13(23)12(9)20-8-2-3-11(16)10(6-8)15(17,18)19/h2-3,6,20,22H,4-5,7H2,1H3. The van der Waals surface area contributed by atoms with Crippen molar-refractivity contribution in [1.29, 1.82) is 0 Å². The molecule has 6 nitrogen and oxygen atoms in total. The molecule has 0 atom stereocenters. The fraction of sp³-hybridized carbons (Fsp3) is 0.333. The molecule has 136 valence electrons. The molecule has 2 rings (SSSR count). The van der Waals surface area contributed by atoms with Crippen LogP contribution < -0.4 is 5.32 Å². The highest BCUT2D eigenvalue weighted by Gasteiger charge is 2.36. The highest BCUT2D eigenvalue weighted by Crippen LogP contribution is 2.36. The van der Waals surface area contributed by atoms with Crippen molar-refractivity contribution >= 4 is 29.2 Å². The number of nitrogens with zero attached hydrogens (tertiary/aromatic N) is 1. The average Bonchev–Trinajstić information content (AvgIpc) is 2.84. The largest absolute Gasteiger partial charge is 0.466 e. The quantitative estimate of drug-likeness (QED) is 0.767. The maximum absolute atomic E-state index is 12.9. The summed E-state index contributed by atoms with van der Waals surface area (Å²) in [6.45, 7) is -0.473. The molecule has 0 bridgehead atoms. The second kappa shape index (κ2) is 7.32. The fourth-order valence-electron chi connectivity index (χ4n) is 2.31. The van der Waals surface area contributed by atoms with E-state index in [9.17, 15) is 22.8 Å². The summed E-state index contributed by atoms with van der Waals surface area (Å²) >= 11 is 5.56. The smallest absolute Gasteiger partial charge is 0.417 e. The number of carbonyl (C=O) groups is 2. The number of aliphatic hydroxyl groups is 1. The first kappa shape index (κ1) is 19.1. The number of rotatable bonds is 5. The number of hydrogen-bond acceptors (Lipinski definition) is 5. The lowest BCUT2D eigenvalue weighted by Gasteiger charge is -2.15. The van der Waals surface area contributed by atoms with E-state index in [-0.39, 0.29) is 36.7 Å². The van der Waals surface area contributed by atoms with Crippen molar-refractivity contribution < 1.29 is 32.6 Å². The van der Waals surface area contributed by atoms with Gasteiger partial charge in [-0.25, -0.2) is 4.79 Å². The van der Waals surface area contributed by atoms with E-state index in [0.717, 1.165) is 19.2 Å². The minimum absolute atomic E-state index is 0.0288. The molecule has 0 saturated carbocycles. The summed E-state index contributed by atoms with van der Waals surface area (Å²) in [5.41, 5.74) is -1.37. The molecule has 0 aliphatic carbocycles. The topological polar surface area (TPSA) is 78.9 Å². The lowest BCUT2D eigenvalue weighted by atomic mass is 10.1. The van der Waals surface area contributed by atoms with E-state index in [4.69, 9.17) is 16.7 Å². The SMILES string of the molecule is COC(=O)C1=C(Nc2ccc(Cl)c(C(F)(F)F)c2)C(=O)N(CCO)C1. The van der Waals surface area contributed by atoms with Gasteiger partial charge < -0.3 is 20.1 Å². The number of carbonyl (C=O) groups excluding carboxylic acids is 2. The molecular weight excluding hydrogens is 365 g/mol. The van der Waals surface area contributed by atoms with Crippen LogP contribution in [0.15, 0.2) is 29.5 Å². The van der Waals surface area contributed by atoms with Gasteiger partial charge in [0.25, 0.3) is 5.91 Å². The molecular formula is C15H14ClF3N2O4. The number of anilines is 1. The first-order chi connectivity index (χ1) is 11.7. The number of nitrogens with one attached hydrogen (secondary N) is 1. The molecule has 25 heavy (non-hydrogen) atoms. The number of alkyl halides is 3. The minimum atomic E-state index is -4.67. The van der Waals surface area contributed by atoms with E-state index in [0.29, 0.717) is 0 Å². The Morgan fingerprint density at radius 2 is 2.12 bits per heavy atom. The second-order valence-electron chi connectivity index (χ2n) is 5.11. The molecule has 1 aliphatic rings. The van der Waals surface area contributed by atoms with Gasteiger partial charge in [0, 0.05) is 12.2 Å². The van der Waals surface area contributed by atoms with Crippen molar-refractivity contribution in [3.63, 3.8) is 0 Å². The third-order valence-corrected chi connectivity index (χ3v) is 3.82. The lowest BCUT2D eigenvalue weighted by Crippen LogP contribution is -2.31. The van der Waals surface area contributed by atoms with Gasteiger partial charge >= 0.3 is 12.1 Å². The number of β-amino-alcohol motifs (C(OH)–C–C–N with tert-alkyl or cyclic N) is 1. The van der Waals surface area contributed by atoms with Crippen LogP contribution in [0.5, 0.6) is 0 Å². The third-order valence-electron chi connectivity index (χ3n) is 3.49. The van der Waals surface area contributed by atoms with E-state index in [1.54, 1.807) is 0 Å². The summed E-state index contributed by atoms with van der Waals surface area (Å²) in [6, 6.07) is 3.03. The Kier molecular flexibility index (Phi) is 5.58. The van der Waals surface area contributed by atoms with Gasteiger partial charge in [0.1, 0.15) is 5.70 Å². The van der Waals surface area contributed by atoms with Crippen LogP contribution in [0.3, 0.4) is 0 Å². The summed E-state index contributed by atoms with van der Waals surface area (Å²) in [7, 11) is 1.12. The summed E-state index contributed by atoms with van der Waals surface area (Å²) < 4.78 is 43.4. The highest BCUT2D eigenvalue weighted by atomic mass is 35.5. The molecule has 1 heterocycles. The van der Waals surface area contributed by atoms with Crippen LogP contribution in [0.4, 0.5) is 18.9 Å². The maximum atomic E-state index is 12.9. The molecule has 1 aliphatic heterocycles. The second-order valence-corrected chi connectivity index (χ2v) is 5.52. The Balaban J connectivity index is 2.39. The summed E-state index contributed by atoms with van der Waals surface area (Å²) in [4.78, 5) is 25.3. The molecule has 2 N–H and O–H groups in total. The monoisotopic (exact) mass is 378 g/mol. The zero-order chi connectivity index (χ0) is 18.8. The number of halogens is 4. The van der Waals surface area contributed by atoms with Gasteiger partial charge in [0.05, 0.1) is 36.4 Å². The van der Waals surface area contributed by atoms with Crippen LogP contribution in [0.2, 0.25) is 5.02 Å². The zero-order valence-electron chi connectivity index (χ0n) is 13.0. The predicted molar refractivity (Wildman–Crippen MR) is 82.8 cm³/mol. The molecule has 0 unspecified atom stereocenters. The molecule has 10 heteroatoms. The summed E-state index contributed by atoms with van der Waals surface area (Å²) in [6.07, 6.45) is -4.67. The predicted octanol–water partition coefficient (Wildman–Crippen LogP) is 2.03. The Hall–Kier alpha value is -2.26. The Bertz CT molecular complexity index is 734. The van der Waals surface area contributed by atoms with E-state index >= 15 is 0 Å². The number of amides is 1. The van der Waals surface area contributed by atoms with E-state index in [1.165, 1.54) is 11.0 Å².